The number of methoxy groups -OCH3 is 2. The molecule has 0 aromatic heterocycles. The summed E-state index contributed by atoms with van der Waals surface area (Å²) in [6, 6.07) is 14.0. The molecule has 0 bridgehead atoms. The number of halogens is 1. The quantitative estimate of drug-likeness (QED) is 0.269. The molecule has 2 aliphatic carbocycles. The molecule has 150 valence electrons. The average molecular weight is 504 g/mol. The van der Waals surface area contributed by atoms with E-state index in [9.17, 15) is 14.4 Å². The van der Waals surface area contributed by atoms with E-state index in [0.29, 0.717) is 23.1 Å². The average Bonchev–Trinajstić information content (AvgIpc) is 2.77. The zero-order valence-electron chi connectivity index (χ0n) is 16.2. The topological polar surface area (TPSA) is 69.7 Å². The van der Waals surface area contributed by atoms with Crippen molar-refractivity contribution in [1.29, 1.82) is 0 Å². The molecule has 2 aromatic carbocycles. The standard InChI is InChI=1S/C23H21IO5/c1-28-22(29-2)11-12-23(21(27)16-9-5-6-10-18(16)24)17(13-22)19(25)14-7-3-4-8-15(14)20(23)26/h3-10,17H,11-13H2,1-2H3. The van der Waals surface area contributed by atoms with Crippen molar-refractivity contribution in [3.63, 3.8) is 0 Å². The maximum atomic E-state index is 13.9. The van der Waals surface area contributed by atoms with Crippen molar-refractivity contribution in [2.75, 3.05) is 14.2 Å². The number of hydrogen-bond donors (Lipinski definition) is 0. The molecule has 4 rings (SSSR count). The molecule has 0 saturated heterocycles. The van der Waals surface area contributed by atoms with Crippen LogP contribution in [0.15, 0.2) is 48.5 Å². The van der Waals surface area contributed by atoms with Crippen molar-refractivity contribution in [1.82, 2.24) is 0 Å². The Morgan fingerprint density at radius 3 is 2.24 bits per heavy atom. The largest absolute Gasteiger partial charge is 0.353 e. The zero-order chi connectivity index (χ0) is 20.8. The Balaban J connectivity index is 1.93. The van der Waals surface area contributed by atoms with Crippen LogP contribution >= 0.6 is 22.6 Å². The number of rotatable bonds is 4. The first-order valence-electron chi connectivity index (χ1n) is 9.48. The van der Waals surface area contributed by atoms with E-state index in [1.807, 2.05) is 12.1 Å². The lowest BCUT2D eigenvalue weighted by molar-refractivity contribution is -0.235. The number of benzene rings is 2. The van der Waals surface area contributed by atoms with E-state index in [1.165, 1.54) is 14.2 Å². The third kappa shape index (κ3) is 2.92. The molecule has 2 atom stereocenters. The SMILES string of the molecule is COC1(OC)CCC2(C(=O)c3ccccc3I)C(=O)c3ccccc3C(=O)C2C1. The summed E-state index contributed by atoms with van der Waals surface area (Å²) in [5, 5.41) is 0. The number of hydrogen-bond acceptors (Lipinski definition) is 5. The smallest absolute Gasteiger partial charge is 0.178 e. The van der Waals surface area contributed by atoms with Gasteiger partial charge >= 0.3 is 0 Å². The summed E-state index contributed by atoms with van der Waals surface area (Å²) in [6.45, 7) is 0. The first kappa shape index (κ1) is 20.4. The summed E-state index contributed by atoms with van der Waals surface area (Å²) >= 11 is 2.10. The minimum atomic E-state index is -1.44. The van der Waals surface area contributed by atoms with Crippen molar-refractivity contribution in [2.24, 2.45) is 11.3 Å². The summed E-state index contributed by atoms with van der Waals surface area (Å²) in [7, 11) is 3.06. The Kier molecular flexibility index (Phi) is 5.21. The van der Waals surface area contributed by atoms with Crippen LogP contribution in [0.3, 0.4) is 0 Å². The molecule has 0 N–H and O–H groups in total. The fourth-order valence-corrected chi connectivity index (χ4v) is 5.41. The Morgan fingerprint density at radius 2 is 1.59 bits per heavy atom. The number of carbonyl (C=O) groups excluding carboxylic acids is 3. The molecule has 2 aromatic rings. The maximum absolute atomic E-state index is 13.9. The minimum Gasteiger partial charge on any atom is -0.353 e. The van der Waals surface area contributed by atoms with Crippen LogP contribution in [0.5, 0.6) is 0 Å². The Bertz CT molecular complexity index is 1010. The van der Waals surface area contributed by atoms with E-state index in [0.717, 1.165) is 3.57 Å². The van der Waals surface area contributed by atoms with Gasteiger partial charge in [-0.15, -0.1) is 0 Å². The van der Waals surface area contributed by atoms with Gasteiger partial charge in [0.15, 0.2) is 23.1 Å². The first-order chi connectivity index (χ1) is 13.9. The predicted molar refractivity (Wildman–Crippen MR) is 115 cm³/mol. The van der Waals surface area contributed by atoms with Gasteiger partial charge in [0.2, 0.25) is 0 Å². The van der Waals surface area contributed by atoms with Crippen LogP contribution in [0.2, 0.25) is 0 Å². The van der Waals surface area contributed by atoms with E-state index in [4.69, 9.17) is 9.47 Å². The second-order valence-electron chi connectivity index (χ2n) is 7.59. The molecule has 2 unspecified atom stereocenters. The molecule has 2 aliphatic rings. The van der Waals surface area contributed by atoms with Crippen LogP contribution in [0, 0.1) is 14.9 Å². The molecule has 0 aliphatic heterocycles. The molecule has 1 fully saturated rings. The van der Waals surface area contributed by atoms with E-state index in [2.05, 4.69) is 22.6 Å². The molecule has 0 amide bonds. The van der Waals surface area contributed by atoms with Gasteiger partial charge in [-0.3, -0.25) is 14.4 Å². The van der Waals surface area contributed by atoms with Gasteiger partial charge in [-0.05, 0) is 35.1 Å². The highest BCUT2D eigenvalue weighted by atomic mass is 127. The molecular weight excluding hydrogens is 483 g/mol. The minimum absolute atomic E-state index is 0.161. The van der Waals surface area contributed by atoms with Gasteiger partial charge in [-0.2, -0.15) is 0 Å². The zero-order valence-corrected chi connectivity index (χ0v) is 18.4. The Hall–Kier alpha value is -1.90. The summed E-state index contributed by atoms with van der Waals surface area (Å²) in [5.41, 5.74) is -0.263. The second kappa shape index (κ2) is 7.41. The lowest BCUT2D eigenvalue weighted by Gasteiger charge is -2.49. The van der Waals surface area contributed by atoms with Crippen LogP contribution in [-0.2, 0) is 9.47 Å². The summed E-state index contributed by atoms with van der Waals surface area (Å²) in [5.74, 6) is -2.58. The predicted octanol–water partition coefficient (Wildman–Crippen LogP) is 4.33. The van der Waals surface area contributed by atoms with Gasteiger partial charge in [0, 0.05) is 53.2 Å². The highest BCUT2D eigenvalue weighted by molar-refractivity contribution is 14.1. The molecule has 6 heteroatoms. The van der Waals surface area contributed by atoms with Gasteiger partial charge in [-0.1, -0.05) is 42.5 Å². The fourth-order valence-electron chi connectivity index (χ4n) is 4.78. The van der Waals surface area contributed by atoms with Gasteiger partial charge in [0.1, 0.15) is 5.41 Å². The number of Topliss-reactive ketones (excluding diaryl/α,β-unsaturated/α-hetero) is 3. The number of ether oxygens (including phenoxy) is 2. The monoisotopic (exact) mass is 504 g/mol. The summed E-state index contributed by atoms with van der Waals surface area (Å²) in [6.07, 6.45) is 0.711. The highest BCUT2D eigenvalue weighted by Crippen LogP contribution is 2.54. The normalized spacial score (nSPS) is 25.3. The lowest BCUT2D eigenvalue weighted by Crippen LogP contribution is -2.59. The van der Waals surface area contributed by atoms with Crippen molar-refractivity contribution in [2.45, 2.75) is 25.0 Å². The number of fused-ring (bicyclic) bond motifs is 2. The molecule has 0 heterocycles. The van der Waals surface area contributed by atoms with Gasteiger partial charge in [0.25, 0.3) is 0 Å². The van der Waals surface area contributed by atoms with Crippen LogP contribution in [0.4, 0.5) is 0 Å². The third-order valence-corrected chi connectivity index (χ3v) is 7.38. The van der Waals surface area contributed by atoms with E-state index < -0.39 is 17.1 Å². The van der Waals surface area contributed by atoms with E-state index in [-0.39, 0.29) is 30.2 Å². The molecule has 1 saturated carbocycles. The summed E-state index contributed by atoms with van der Waals surface area (Å²) in [4.78, 5) is 41.2. The molecule has 5 nitrogen and oxygen atoms in total. The molecular formula is C23H21IO5. The number of ketones is 3. The van der Waals surface area contributed by atoms with Gasteiger partial charge < -0.3 is 9.47 Å². The fraction of sp³-hybridized carbons (Fsp3) is 0.348. The van der Waals surface area contributed by atoms with Gasteiger partial charge in [-0.25, -0.2) is 0 Å². The lowest BCUT2D eigenvalue weighted by atomic mass is 9.53. The second-order valence-corrected chi connectivity index (χ2v) is 8.76. The van der Waals surface area contributed by atoms with E-state index >= 15 is 0 Å². The molecule has 0 spiro atoms. The highest BCUT2D eigenvalue weighted by Gasteiger charge is 2.63. The molecule has 29 heavy (non-hydrogen) atoms. The maximum Gasteiger partial charge on any atom is 0.178 e. The van der Waals surface area contributed by atoms with Crippen LogP contribution in [0.25, 0.3) is 0 Å². The van der Waals surface area contributed by atoms with Crippen LogP contribution < -0.4 is 0 Å². The van der Waals surface area contributed by atoms with E-state index in [1.54, 1.807) is 36.4 Å². The molecule has 0 radical (unpaired) electrons. The van der Waals surface area contributed by atoms with Crippen LogP contribution in [-0.4, -0.2) is 37.4 Å². The summed E-state index contributed by atoms with van der Waals surface area (Å²) < 4.78 is 12.0. The third-order valence-electron chi connectivity index (χ3n) is 6.44. The number of carbonyl (C=O) groups is 3. The van der Waals surface area contributed by atoms with Crippen molar-refractivity contribution in [3.05, 3.63) is 68.8 Å². The van der Waals surface area contributed by atoms with Crippen molar-refractivity contribution < 1.29 is 23.9 Å². The Labute approximate surface area is 182 Å². The van der Waals surface area contributed by atoms with Crippen molar-refractivity contribution in [3.8, 4) is 0 Å². The van der Waals surface area contributed by atoms with Gasteiger partial charge in [0.05, 0.1) is 0 Å². The Morgan fingerprint density at radius 1 is 0.966 bits per heavy atom. The van der Waals surface area contributed by atoms with Crippen molar-refractivity contribution >= 4 is 39.9 Å². The van der Waals surface area contributed by atoms with Crippen LogP contribution in [0.1, 0.15) is 50.3 Å². The first-order valence-corrected chi connectivity index (χ1v) is 10.6.